The molecule has 1 aromatic rings. The summed E-state index contributed by atoms with van der Waals surface area (Å²) in [4.78, 5) is 11.1. The molecular formula is C20H32N4OS. The van der Waals surface area contributed by atoms with Crippen LogP contribution in [0.2, 0.25) is 0 Å². The van der Waals surface area contributed by atoms with Gasteiger partial charge in [0.25, 0.3) is 0 Å². The van der Waals surface area contributed by atoms with Crippen LogP contribution in [0.4, 0.5) is 0 Å². The van der Waals surface area contributed by atoms with Gasteiger partial charge in [0.05, 0.1) is 19.8 Å². The highest BCUT2D eigenvalue weighted by molar-refractivity contribution is 7.99. The molecule has 1 unspecified atom stereocenters. The Labute approximate surface area is 162 Å². The van der Waals surface area contributed by atoms with Crippen molar-refractivity contribution in [2.24, 2.45) is 10.9 Å². The van der Waals surface area contributed by atoms with E-state index in [1.165, 1.54) is 17.1 Å². The molecule has 2 aliphatic rings. The molecule has 0 bridgehead atoms. The molecule has 26 heavy (non-hydrogen) atoms. The monoisotopic (exact) mass is 376 g/mol. The second-order valence-corrected chi connectivity index (χ2v) is 8.01. The number of thioether (sulfide) groups is 1. The molecule has 0 saturated carbocycles. The molecule has 1 N–H and O–H groups in total. The van der Waals surface area contributed by atoms with Crippen LogP contribution in [0, 0.1) is 5.92 Å². The zero-order chi connectivity index (χ0) is 18.0. The van der Waals surface area contributed by atoms with Crippen molar-refractivity contribution in [2.45, 2.75) is 18.2 Å². The van der Waals surface area contributed by atoms with Gasteiger partial charge in [-0.1, -0.05) is 18.2 Å². The van der Waals surface area contributed by atoms with Gasteiger partial charge in [0.2, 0.25) is 0 Å². The van der Waals surface area contributed by atoms with Gasteiger partial charge in [-0.25, -0.2) is 0 Å². The fourth-order valence-electron chi connectivity index (χ4n) is 3.44. The normalized spacial score (nSPS) is 22.0. The molecule has 0 radical (unpaired) electrons. The van der Waals surface area contributed by atoms with E-state index >= 15 is 0 Å². The molecule has 2 saturated heterocycles. The highest BCUT2D eigenvalue weighted by Gasteiger charge is 2.25. The number of ether oxygens (including phenoxy) is 1. The molecule has 0 spiro atoms. The van der Waals surface area contributed by atoms with Crippen molar-refractivity contribution in [3.63, 3.8) is 0 Å². The first-order chi connectivity index (χ1) is 12.8. The molecule has 0 aromatic heterocycles. The van der Waals surface area contributed by atoms with E-state index in [2.05, 4.69) is 52.4 Å². The summed E-state index contributed by atoms with van der Waals surface area (Å²) in [5.74, 6) is 3.02. The van der Waals surface area contributed by atoms with Crippen molar-refractivity contribution in [3.05, 3.63) is 30.3 Å². The zero-order valence-electron chi connectivity index (χ0n) is 15.9. The maximum absolute atomic E-state index is 5.41. The van der Waals surface area contributed by atoms with Gasteiger partial charge in [-0.2, -0.15) is 0 Å². The fraction of sp³-hybridized carbons (Fsp3) is 0.650. The molecule has 2 fully saturated rings. The van der Waals surface area contributed by atoms with Gasteiger partial charge in [-0.05, 0) is 31.4 Å². The van der Waals surface area contributed by atoms with Crippen LogP contribution in [0.15, 0.2) is 40.2 Å². The van der Waals surface area contributed by atoms with Gasteiger partial charge >= 0.3 is 0 Å². The van der Waals surface area contributed by atoms with E-state index in [0.29, 0.717) is 0 Å². The van der Waals surface area contributed by atoms with Crippen LogP contribution >= 0.6 is 11.8 Å². The minimum Gasteiger partial charge on any atom is -0.379 e. The van der Waals surface area contributed by atoms with E-state index in [4.69, 9.17) is 9.73 Å². The van der Waals surface area contributed by atoms with Crippen LogP contribution in [-0.4, -0.2) is 80.5 Å². The summed E-state index contributed by atoms with van der Waals surface area (Å²) < 4.78 is 5.41. The Morgan fingerprint density at radius 3 is 2.81 bits per heavy atom. The van der Waals surface area contributed by atoms with Gasteiger partial charge in [-0.15, -0.1) is 11.8 Å². The van der Waals surface area contributed by atoms with Crippen molar-refractivity contribution in [1.29, 1.82) is 0 Å². The molecule has 0 amide bonds. The maximum Gasteiger partial charge on any atom is 0.193 e. The largest absolute Gasteiger partial charge is 0.379 e. The number of hydrogen-bond donors (Lipinski definition) is 1. The third-order valence-corrected chi connectivity index (χ3v) is 6.17. The minimum atomic E-state index is 0.739. The topological polar surface area (TPSA) is 40.1 Å². The first-order valence-corrected chi connectivity index (χ1v) is 10.8. The Bertz CT molecular complexity index is 548. The Kier molecular flexibility index (Phi) is 8.11. The minimum absolute atomic E-state index is 0.739. The molecular weight excluding hydrogens is 344 g/mol. The summed E-state index contributed by atoms with van der Waals surface area (Å²) in [5, 5.41) is 3.48. The third-order valence-electron chi connectivity index (χ3n) is 4.93. The van der Waals surface area contributed by atoms with Crippen LogP contribution < -0.4 is 5.32 Å². The quantitative estimate of drug-likeness (QED) is 0.450. The molecule has 144 valence electrons. The highest BCUT2D eigenvalue weighted by atomic mass is 32.2. The summed E-state index contributed by atoms with van der Waals surface area (Å²) in [7, 11) is 0. The van der Waals surface area contributed by atoms with Crippen LogP contribution in [0.5, 0.6) is 0 Å². The summed E-state index contributed by atoms with van der Waals surface area (Å²) in [5.41, 5.74) is 0. The van der Waals surface area contributed by atoms with Crippen LogP contribution in [-0.2, 0) is 4.74 Å². The van der Waals surface area contributed by atoms with Gasteiger partial charge in [-0.3, -0.25) is 9.89 Å². The van der Waals surface area contributed by atoms with E-state index in [-0.39, 0.29) is 0 Å². The standard InChI is InChI=1S/C20H32N4OS/c1-2-21-20(22-9-11-23-12-14-25-15-13-23)24-10-8-18(16-24)17-26-19-6-4-3-5-7-19/h3-7,18H,2,8-17H2,1H3,(H,21,22). The summed E-state index contributed by atoms with van der Waals surface area (Å²) in [6.07, 6.45) is 1.26. The number of morpholine rings is 1. The van der Waals surface area contributed by atoms with Crippen molar-refractivity contribution < 1.29 is 4.74 Å². The Morgan fingerprint density at radius 2 is 2.04 bits per heavy atom. The van der Waals surface area contributed by atoms with E-state index in [1.54, 1.807) is 0 Å². The average Bonchev–Trinajstić information content (AvgIpc) is 3.16. The molecule has 6 heteroatoms. The van der Waals surface area contributed by atoms with E-state index in [1.807, 2.05) is 11.8 Å². The molecule has 3 rings (SSSR count). The van der Waals surface area contributed by atoms with Gasteiger partial charge < -0.3 is 15.0 Å². The number of rotatable bonds is 7. The number of nitrogens with zero attached hydrogens (tertiary/aromatic N) is 3. The molecule has 2 heterocycles. The number of nitrogens with one attached hydrogen (secondary N) is 1. The number of likely N-dealkylation sites (tertiary alicyclic amines) is 1. The van der Waals surface area contributed by atoms with E-state index in [9.17, 15) is 0 Å². The number of guanidine groups is 1. The first kappa shape index (κ1) is 19.5. The third kappa shape index (κ3) is 6.18. The van der Waals surface area contributed by atoms with E-state index < -0.39 is 0 Å². The lowest BCUT2D eigenvalue weighted by molar-refractivity contribution is 0.0394. The lowest BCUT2D eigenvalue weighted by Crippen LogP contribution is -2.41. The van der Waals surface area contributed by atoms with Gasteiger partial charge in [0.15, 0.2) is 5.96 Å². The number of aliphatic imine (C=N–C) groups is 1. The molecule has 5 nitrogen and oxygen atoms in total. The maximum atomic E-state index is 5.41. The Balaban J connectivity index is 1.44. The molecule has 2 aliphatic heterocycles. The summed E-state index contributed by atoms with van der Waals surface area (Å²) in [6.45, 7) is 11.0. The Hall–Kier alpha value is -1.24. The van der Waals surface area contributed by atoms with Crippen molar-refractivity contribution in [2.75, 3.05) is 64.8 Å². The smallest absolute Gasteiger partial charge is 0.193 e. The predicted molar refractivity (Wildman–Crippen MR) is 110 cm³/mol. The predicted octanol–water partition coefficient (Wildman–Crippen LogP) is 2.40. The van der Waals surface area contributed by atoms with Gasteiger partial charge in [0, 0.05) is 49.9 Å². The lowest BCUT2D eigenvalue weighted by Gasteiger charge is -2.26. The fourth-order valence-corrected chi connectivity index (χ4v) is 4.49. The highest BCUT2D eigenvalue weighted by Crippen LogP contribution is 2.25. The lowest BCUT2D eigenvalue weighted by atomic mass is 10.2. The second kappa shape index (κ2) is 10.8. The first-order valence-electron chi connectivity index (χ1n) is 9.86. The van der Waals surface area contributed by atoms with Crippen LogP contribution in [0.25, 0.3) is 0 Å². The zero-order valence-corrected chi connectivity index (χ0v) is 16.7. The van der Waals surface area contributed by atoms with Crippen molar-refractivity contribution >= 4 is 17.7 Å². The summed E-state index contributed by atoms with van der Waals surface area (Å²) >= 11 is 1.98. The van der Waals surface area contributed by atoms with E-state index in [0.717, 1.165) is 70.9 Å². The molecule has 1 atom stereocenters. The average molecular weight is 377 g/mol. The van der Waals surface area contributed by atoms with Gasteiger partial charge in [0.1, 0.15) is 0 Å². The number of benzene rings is 1. The molecule has 1 aromatic carbocycles. The Morgan fingerprint density at radius 1 is 1.23 bits per heavy atom. The van der Waals surface area contributed by atoms with Crippen LogP contribution in [0.3, 0.4) is 0 Å². The number of hydrogen-bond acceptors (Lipinski definition) is 4. The van der Waals surface area contributed by atoms with Crippen LogP contribution in [0.1, 0.15) is 13.3 Å². The summed E-state index contributed by atoms with van der Waals surface area (Å²) in [6, 6.07) is 10.7. The SMILES string of the molecule is CCNC(=NCCN1CCOCC1)N1CCC(CSc2ccccc2)C1. The van der Waals surface area contributed by atoms with Crippen molar-refractivity contribution in [3.8, 4) is 0 Å². The van der Waals surface area contributed by atoms with Crippen molar-refractivity contribution in [1.82, 2.24) is 15.1 Å². The second-order valence-electron chi connectivity index (χ2n) is 6.91. The molecule has 0 aliphatic carbocycles.